The summed E-state index contributed by atoms with van der Waals surface area (Å²) in [5, 5.41) is 16.9. The molecule has 4 rings (SSSR count). The Balaban J connectivity index is 1.45. The molecule has 1 saturated carbocycles. The Kier molecular flexibility index (Phi) is 7.06. The first-order valence-electron chi connectivity index (χ1n) is 12.8. The molecule has 0 spiro atoms. The van der Waals surface area contributed by atoms with Crippen LogP contribution in [0, 0.1) is 23.1 Å². The van der Waals surface area contributed by atoms with Crippen molar-refractivity contribution >= 4 is 12.0 Å². The van der Waals surface area contributed by atoms with Crippen LogP contribution in [0.1, 0.15) is 66.4 Å². The maximum atomic E-state index is 15.0. The molecule has 198 valence electrons. The maximum Gasteiger partial charge on any atom is 0.411 e. The number of carbonyl (C=O) groups is 2. The van der Waals surface area contributed by atoms with Gasteiger partial charge in [-0.2, -0.15) is 10.4 Å². The van der Waals surface area contributed by atoms with Gasteiger partial charge in [0.2, 0.25) is 5.91 Å². The number of carbonyl (C=O) groups excluding carboxylic acids is 2. The first-order valence-corrected chi connectivity index (χ1v) is 12.8. The van der Waals surface area contributed by atoms with Crippen molar-refractivity contribution in [1.82, 2.24) is 20.0 Å². The Hall–Kier alpha value is -3.41. The van der Waals surface area contributed by atoms with Gasteiger partial charge in [0, 0.05) is 24.2 Å². The SMILES string of the molecule is CC(C)(C)OC(=O)N1C2CCC(C2)C1C(=O)NC(C#N)Cc1ccc(-c2cnn(C(C)(C)C)c2)cc1F. The van der Waals surface area contributed by atoms with E-state index in [4.69, 9.17) is 4.74 Å². The molecule has 9 heteroatoms. The summed E-state index contributed by atoms with van der Waals surface area (Å²) in [6.45, 7) is 11.5. The normalized spacial score (nSPS) is 22.0. The summed E-state index contributed by atoms with van der Waals surface area (Å²) >= 11 is 0. The molecule has 4 atom stereocenters. The lowest BCUT2D eigenvalue weighted by Crippen LogP contribution is -2.55. The molecule has 1 aromatic heterocycles. The average Bonchev–Trinajstić information content (AvgIpc) is 3.54. The number of fused-ring (bicyclic) bond motifs is 2. The lowest BCUT2D eigenvalue weighted by Gasteiger charge is -2.35. The van der Waals surface area contributed by atoms with Crippen molar-refractivity contribution in [2.24, 2.45) is 5.92 Å². The second kappa shape index (κ2) is 9.81. The topological polar surface area (TPSA) is 100 Å². The van der Waals surface area contributed by atoms with Gasteiger partial charge in [0.1, 0.15) is 23.5 Å². The highest BCUT2D eigenvalue weighted by atomic mass is 19.1. The number of piperidine rings is 1. The van der Waals surface area contributed by atoms with Crippen molar-refractivity contribution < 1.29 is 18.7 Å². The minimum Gasteiger partial charge on any atom is -0.444 e. The molecule has 8 nitrogen and oxygen atoms in total. The molecular formula is C28H36FN5O3. The van der Waals surface area contributed by atoms with Gasteiger partial charge in [-0.25, -0.2) is 9.18 Å². The quantitative estimate of drug-likeness (QED) is 0.625. The highest BCUT2D eigenvalue weighted by molar-refractivity contribution is 5.87. The standard InChI is InChI=1S/C28H36FN5O3/c1-27(2,3)33-16-20(15-31-33)17-7-8-18(23(29)13-17)11-21(14-30)32-25(35)24-19-9-10-22(12-19)34(24)26(36)37-28(4,5)6/h7-8,13,15-16,19,21-22,24H,9-12H2,1-6H3,(H,32,35). The van der Waals surface area contributed by atoms with Gasteiger partial charge in [0.15, 0.2) is 0 Å². The van der Waals surface area contributed by atoms with E-state index in [0.29, 0.717) is 11.1 Å². The monoisotopic (exact) mass is 509 g/mol. The number of halogens is 1. The summed E-state index contributed by atoms with van der Waals surface area (Å²) in [5.74, 6) is -0.816. The van der Waals surface area contributed by atoms with E-state index in [1.54, 1.807) is 39.1 Å². The summed E-state index contributed by atoms with van der Waals surface area (Å²) in [4.78, 5) is 27.7. The Morgan fingerprint density at radius 3 is 2.54 bits per heavy atom. The number of nitrogens with zero attached hydrogens (tertiary/aromatic N) is 4. The van der Waals surface area contributed by atoms with Crippen LogP contribution in [0.4, 0.5) is 9.18 Å². The van der Waals surface area contributed by atoms with Crippen molar-refractivity contribution in [2.45, 2.75) is 96.5 Å². The molecule has 2 aliphatic rings. The third-order valence-electron chi connectivity index (χ3n) is 7.01. The number of benzene rings is 1. The summed E-state index contributed by atoms with van der Waals surface area (Å²) in [7, 11) is 0. The van der Waals surface area contributed by atoms with Gasteiger partial charge in [0.25, 0.3) is 0 Å². The third kappa shape index (κ3) is 5.79. The van der Waals surface area contributed by atoms with Crippen LogP contribution in [-0.4, -0.2) is 50.4 Å². The molecule has 2 heterocycles. The van der Waals surface area contributed by atoms with Crippen LogP contribution >= 0.6 is 0 Å². The van der Waals surface area contributed by atoms with Gasteiger partial charge in [-0.15, -0.1) is 0 Å². The highest BCUT2D eigenvalue weighted by Gasteiger charge is 2.52. The molecule has 1 N–H and O–H groups in total. The average molecular weight is 510 g/mol. The molecule has 1 aromatic carbocycles. The lowest BCUT2D eigenvalue weighted by atomic mass is 9.97. The number of amides is 2. The molecule has 1 saturated heterocycles. The summed E-state index contributed by atoms with van der Waals surface area (Å²) in [6, 6.07) is 5.28. The zero-order chi connectivity index (χ0) is 27.1. The predicted molar refractivity (Wildman–Crippen MR) is 137 cm³/mol. The van der Waals surface area contributed by atoms with Gasteiger partial charge in [-0.05, 0) is 83.9 Å². The van der Waals surface area contributed by atoms with Crippen molar-refractivity contribution in [3.8, 4) is 17.2 Å². The van der Waals surface area contributed by atoms with Crippen LogP contribution in [0.3, 0.4) is 0 Å². The van der Waals surface area contributed by atoms with E-state index >= 15 is 4.39 Å². The summed E-state index contributed by atoms with van der Waals surface area (Å²) in [5.41, 5.74) is 0.945. The number of nitrogens with one attached hydrogen (secondary N) is 1. The smallest absolute Gasteiger partial charge is 0.411 e. The van der Waals surface area contributed by atoms with Crippen LogP contribution in [0.2, 0.25) is 0 Å². The fourth-order valence-electron chi connectivity index (χ4n) is 5.24. The zero-order valence-electron chi connectivity index (χ0n) is 22.4. The van der Waals surface area contributed by atoms with Gasteiger partial charge in [0.05, 0.1) is 17.8 Å². The molecule has 0 radical (unpaired) electrons. The lowest BCUT2D eigenvalue weighted by molar-refractivity contribution is -0.128. The van der Waals surface area contributed by atoms with E-state index in [1.165, 1.54) is 11.0 Å². The van der Waals surface area contributed by atoms with Crippen LogP contribution in [-0.2, 0) is 21.5 Å². The molecule has 2 fully saturated rings. The molecule has 1 aliphatic heterocycles. The predicted octanol–water partition coefficient (Wildman–Crippen LogP) is 4.78. The van der Waals surface area contributed by atoms with E-state index in [1.807, 2.05) is 31.6 Å². The van der Waals surface area contributed by atoms with E-state index in [9.17, 15) is 14.9 Å². The second-order valence-electron chi connectivity index (χ2n) is 12.1. The first kappa shape index (κ1) is 26.6. The van der Waals surface area contributed by atoms with E-state index in [2.05, 4.69) is 16.5 Å². The Morgan fingerprint density at radius 2 is 1.95 bits per heavy atom. The molecule has 2 amide bonds. The maximum absolute atomic E-state index is 15.0. The molecule has 37 heavy (non-hydrogen) atoms. The minimum absolute atomic E-state index is 0.0167. The van der Waals surface area contributed by atoms with Gasteiger partial charge < -0.3 is 10.1 Å². The molecular weight excluding hydrogens is 473 g/mol. The van der Waals surface area contributed by atoms with Crippen LogP contribution in [0.25, 0.3) is 11.1 Å². The van der Waals surface area contributed by atoms with Crippen LogP contribution in [0.5, 0.6) is 0 Å². The molecule has 4 unspecified atom stereocenters. The molecule has 1 aliphatic carbocycles. The Labute approximate surface area is 217 Å². The third-order valence-corrected chi connectivity index (χ3v) is 7.01. The second-order valence-corrected chi connectivity index (χ2v) is 12.1. The van der Waals surface area contributed by atoms with E-state index < -0.39 is 35.5 Å². The number of likely N-dealkylation sites (tertiary alicyclic amines) is 1. The largest absolute Gasteiger partial charge is 0.444 e. The van der Waals surface area contributed by atoms with Gasteiger partial charge in [-0.3, -0.25) is 14.4 Å². The number of hydrogen-bond acceptors (Lipinski definition) is 5. The Bertz CT molecular complexity index is 1220. The van der Waals surface area contributed by atoms with Crippen LogP contribution in [0.15, 0.2) is 30.6 Å². The van der Waals surface area contributed by atoms with Crippen molar-refractivity contribution in [3.05, 3.63) is 42.0 Å². The van der Waals surface area contributed by atoms with Crippen LogP contribution < -0.4 is 5.32 Å². The van der Waals surface area contributed by atoms with Gasteiger partial charge >= 0.3 is 6.09 Å². The number of ether oxygens (including phenoxy) is 1. The number of rotatable bonds is 5. The molecule has 2 aromatic rings. The highest BCUT2D eigenvalue weighted by Crippen LogP contribution is 2.43. The van der Waals surface area contributed by atoms with Crippen molar-refractivity contribution in [2.75, 3.05) is 0 Å². The number of hydrogen-bond donors (Lipinski definition) is 1. The minimum atomic E-state index is -0.934. The fourth-order valence-corrected chi connectivity index (χ4v) is 5.24. The fraction of sp³-hybridized carbons (Fsp3) is 0.571. The first-order chi connectivity index (χ1) is 17.3. The van der Waals surface area contributed by atoms with E-state index in [0.717, 1.165) is 24.8 Å². The summed E-state index contributed by atoms with van der Waals surface area (Å²) in [6.07, 6.45) is 5.51. The number of aromatic nitrogens is 2. The molecule has 2 bridgehead atoms. The van der Waals surface area contributed by atoms with Crippen molar-refractivity contribution in [1.29, 1.82) is 5.26 Å². The van der Waals surface area contributed by atoms with E-state index in [-0.39, 0.29) is 23.9 Å². The van der Waals surface area contributed by atoms with Crippen molar-refractivity contribution in [3.63, 3.8) is 0 Å². The van der Waals surface area contributed by atoms with Gasteiger partial charge in [-0.1, -0.05) is 12.1 Å². The Morgan fingerprint density at radius 1 is 1.22 bits per heavy atom. The number of nitriles is 1. The summed E-state index contributed by atoms with van der Waals surface area (Å²) < 4.78 is 22.4. The zero-order valence-corrected chi connectivity index (χ0v) is 22.4.